The van der Waals surface area contributed by atoms with E-state index in [0.29, 0.717) is 11.5 Å². The lowest BCUT2D eigenvalue weighted by Gasteiger charge is -1.95. The Hall–Kier alpha value is -1.59. The number of nitrogens with zero attached hydrogens (tertiary/aromatic N) is 2. The Morgan fingerprint density at radius 2 is 2.17 bits per heavy atom. The fourth-order valence-corrected chi connectivity index (χ4v) is 2.91. The molecule has 3 aromatic rings. The highest BCUT2D eigenvalue weighted by Crippen LogP contribution is 2.35. The number of aryl methyl sites for hydroxylation is 1. The van der Waals surface area contributed by atoms with Gasteiger partial charge in [0.1, 0.15) is 0 Å². The third kappa shape index (κ3) is 1.76. The van der Waals surface area contributed by atoms with E-state index in [9.17, 15) is 0 Å². The molecule has 0 unspecified atom stereocenters. The molecule has 0 aliphatic heterocycles. The maximum absolute atomic E-state index is 6.23. The number of rotatable bonds is 2. The first-order chi connectivity index (χ1) is 8.69. The Balaban J connectivity index is 2.16. The van der Waals surface area contributed by atoms with E-state index in [1.54, 1.807) is 24.5 Å². The molecule has 0 amide bonds. The van der Waals surface area contributed by atoms with Crippen LogP contribution in [0.2, 0.25) is 5.02 Å². The van der Waals surface area contributed by atoms with Gasteiger partial charge in [0.2, 0.25) is 5.88 Å². The molecule has 0 saturated heterocycles. The van der Waals surface area contributed by atoms with Crippen molar-refractivity contribution in [1.29, 1.82) is 0 Å². The van der Waals surface area contributed by atoms with Crippen LogP contribution in [-0.4, -0.2) is 22.1 Å². The number of thiophene rings is 1. The van der Waals surface area contributed by atoms with Crippen LogP contribution in [0.3, 0.4) is 0 Å². The molecule has 0 saturated carbocycles. The molecule has 92 valence electrons. The summed E-state index contributed by atoms with van der Waals surface area (Å²) in [5, 5.41) is 2.75. The highest BCUT2D eigenvalue weighted by molar-refractivity contribution is 7.14. The highest BCUT2D eigenvalue weighted by Gasteiger charge is 2.13. The molecule has 6 heteroatoms. The summed E-state index contributed by atoms with van der Waals surface area (Å²) in [5.41, 5.74) is 2.56. The van der Waals surface area contributed by atoms with E-state index >= 15 is 0 Å². The van der Waals surface area contributed by atoms with Crippen molar-refractivity contribution in [2.24, 2.45) is 0 Å². The van der Waals surface area contributed by atoms with Crippen molar-refractivity contribution in [3.05, 3.63) is 28.1 Å². The van der Waals surface area contributed by atoms with Crippen LogP contribution >= 0.6 is 22.9 Å². The molecule has 18 heavy (non-hydrogen) atoms. The third-order valence-electron chi connectivity index (χ3n) is 2.64. The molecular weight excluding hydrogens is 270 g/mol. The molecule has 0 aliphatic rings. The van der Waals surface area contributed by atoms with Crippen LogP contribution in [0.1, 0.15) is 5.56 Å². The fraction of sp³-hybridized carbons (Fsp3) is 0.167. The molecule has 1 N–H and O–H groups in total. The molecule has 3 aromatic heterocycles. The summed E-state index contributed by atoms with van der Waals surface area (Å²) in [6, 6.07) is 3.69. The van der Waals surface area contributed by atoms with E-state index in [2.05, 4.69) is 15.0 Å². The van der Waals surface area contributed by atoms with Gasteiger partial charge in [0.15, 0.2) is 11.5 Å². The van der Waals surface area contributed by atoms with Crippen molar-refractivity contribution < 1.29 is 4.74 Å². The van der Waals surface area contributed by atoms with Crippen LogP contribution < -0.4 is 4.74 Å². The van der Waals surface area contributed by atoms with Crippen LogP contribution in [0.5, 0.6) is 5.88 Å². The maximum atomic E-state index is 6.23. The Morgan fingerprint density at radius 1 is 1.33 bits per heavy atom. The average molecular weight is 280 g/mol. The van der Waals surface area contributed by atoms with E-state index in [1.165, 1.54) is 0 Å². The number of aromatic nitrogens is 3. The zero-order chi connectivity index (χ0) is 12.7. The van der Waals surface area contributed by atoms with Crippen molar-refractivity contribution in [2.75, 3.05) is 7.11 Å². The Morgan fingerprint density at radius 3 is 2.83 bits per heavy atom. The minimum Gasteiger partial charge on any atom is -0.481 e. The number of hydrogen-bond donors (Lipinski definition) is 1. The van der Waals surface area contributed by atoms with E-state index in [4.69, 9.17) is 16.3 Å². The first-order valence-corrected chi connectivity index (χ1v) is 6.59. The minimum atomic E-state index is 0.550. The van der Waals surface area contributed by atoms with Gasteiger partial charge in [-0.1, -0.05) is 11.6 Å². The monoisotopic (exact) mass is 279 g/mol. The van der Waals surface area contributed by atoms with Crippen molar-refractivity contribution in [2.45, 2.75) is 6.92 Å². The molecule has 0 fully saturated rings. The SMILES string of the molecule is COc1ccc2[nH]c(-c3scc(C)c3Cl)nc2n1. The standard InChI is InChI=1S/C12H10ClN3OS/c1-6-5-18-10(9(6)13)12-14-7-3-4-8(17-2)15-11(7)16-12/h3-5H,1-2H3,(H,14,15,16). The second-order valence-electron chi connectivity index (χ2n) is 3.87. The molecule has 4 nitrogen and oxygen atoms in total. The second-order valence-corrected chi connectivity index (χ2v) is 5.13. The van der Waals surface area contributed by atoms with E-state index in [1.807, 2.05) is 18.4 Å². The number of nitrogens with one attached hydrogen (secondary N) is 1. The van der Waals surface area contributed by atoms with Crippen molar-refractivity contribution >= 4 is 34.1 Å². The lowest BCUT2D eigenvalue weighted by molar-refractivity contribution is 0.399. The van der Waals surface area contributed by atoms with Crippen molar-refractivity contribution in [3.8, 4) is 16.6 Å². The Kier molecular flexibility index (Phi) is 2.72. The predicted molar refractivity (Wildman–Crippen MR) is 73.5 cm³/mol. The average Bonchev–Trinajstić information content (AvgIpc) is 2.93. The predicted octanol–water partition coefficient (Wildman–Crippen LogP) is 3.66. The van der Waals surface area contributed by atoms with Crippen LogP contribution in [0.25, 0.3) is 21.9 Å². The number of halogens is 1. The number of pyridine rings is 1. The van der Waals surface area contributed by atoms with Gasteiger partial charge < -0.3 is 9.72 Å². The lowest BCUT2D eigenvalue weighted by Crippen LogP contribution is -1.86. The van der Waals surface area contributed by atoms with Gasteiger partial charge in [-0.2, -0.15) is 4.98 Å². The zero-order valence-corrected chi connectivity index (χ0v) is 11.4. The summed E-state index contributed by atoms with van der Waals surface area (Å²) in [6.45, 7) is 1.98. The highest BCUT2D eigenvalue weighted by atomic mass is 35.5. The summed E-state index contributed by atoms with van der Waals surface area (Å²) in [6.07, 6.45) is 0. The fourth-order valence-electron chi connectivity index (χ4n) is 1.69. The van der Waals surface area contributed by atoms with Gasteiger partial charge in [-0.3, -0.25) is 0 Å². The van der Waals surface area contributed by atoms with Gasteiger partial charge in [0.25, 0.3) is 0 Å². The number of imidazole rings is 1. The van der Waals surface area contributed by atoms with Crippen LogP contribution in [0.4, 0.5) is 0 Å². The number of aromatic amines is 1. The van der Waals surface area contributed by atoms with Crippen LogP contribution in [-0.2, 0) is 0 Å². The topological polar surface area (TPSA) is 50.8 Å². The first kappa shape index (κ1) is 11.5. The molecule has 3 rings (SSSR count). The van der Waals surface area contributed by atoms with Crippen molar-refractivity contribution in [1.82, 2.24) is 15.0 Å². The molecule has 0 spiro atoms. The van der Waals surface area contributed by atoms with Gasteiger partial charge in [0.05, 0.1) is 22.5 Å². The molecule has 0 aliphatic carbocycles. The van der Waals surface area contributed by atoms with E-state index in [-0.39, 0.29) is 0 Å². The number of fused-ring (bicyclic) bond motifs is 1. The van der Waals surface area contributed by atoms with Crippen LogP contribution in [0, 0.1) is 6.92 Å². The van der Waals surface area contributed by atoms with Gasteiger partial charge >= 0.3 is 0 Å². The quantitative estimate of drug-likeness (QED) is 0.779. The Labute approximate surface area is 113 Å². The molecule has 0 bridgehead atoms. The molecule has 0 radical (unpaired) electrons. The third-order valence-corrected chi connectivity index (χ3v) is 4.35. The normalized spacial score (nSPS) is 11.1. The summed E-state index contributed by atoms with van der Waals surface area (Å²) >= 11 is 7.80. The second kappa shape index (κ2) is 4.26. The largest absolute Gasteiger partial charge is 0.481 e. The van der Waals surface area contributed by atoms with Gasteiger partial charge in [-0.25, -0.2) is 4.98 Å². The molecule has 3 heterocycles. The van der Waals surface area contributed by atoms with Crippen molar-refractivity contribution in [3.63, 3.8) is 0 Å². The lowest BCUT2D eigenvalue weighted by atomic mass is 10.3. The number of methoxy groups -OCH3 is 1. The van der Waals surface area contributed by atoms with Gasteiger partial charge in [-0.15, -0.1) is 11.3 Å². The summed E-state index contributed by atoms with van der Waals surface area (Å²) in [5.74, 6) is 1.29. The van der Waals surface area contributed by atoms with E-state index < -0.39 is 0 Å². The molecule has 0 atom stereocenters. The molecular formula is C12H10ClN3OS. The smallest absolute Gasteiger partial charge is 0.215 e. The summed E-state index contributed by atoms with van der Waals surface area (Å²) in [7, 11) is 1.58. The summed E-state index contributed by atoms with van der Waals surface area (Å²) < 4.78 is 5.08. The number of ether oxygens (including phenoxy) is 1. The van der Waals surface area contributed by atoms with E-state index in [0.717, 1.165) is 26.8 Å². The van der Waals surface area contributed by atoms with Gasteiger partial charge in [0, 0.05) is 6.07 Å². The van der Waals surface area contributed by atoms with Crippen LogP contribution in [0.15, 0.2) is 17.5 Å². The Bertz CT molecular complexity index is 719. The molecule has 0 aromatic carbocycles. The minimum absolute atomic E-state index is 0.550. The first-order valence-electron chi connectivity index (χ1n) is 5.33. The number of H-pyrrole nitrogens is 1. The summed E-state index contributed by atoms with van der Waals surface area (Å²) in [4.78, 5) is 12.9. The van der Waals surface area contributed by atoms with Gasteiger partial charge in [-0.05, 0) is 23.9 Å². The zero-order valence-electron chi connectivity index (χ0n) is 9.82. The number of hydrogen-bond acceptors (Lipinski definition) is 4. The maximum Gasteiger partial charge on any atom is 0.215 e.